The summed E-state index contributed by atoms with van der Waals surface area (Å²) in [7, 11) is 0. The Balaban J connectivity index is 2.09. The second-order valence-electron chi connectivity index (χ2n) is 4.68. The molecule has 0 saturated carbocycles. The molecule has 4 rings (SSSR count). The number of amides is 1. The molecule has 0 bridgehead atoms. The van der Waals surface area contributed by atoms with E-state index in [1.165, 1.54) is 0 Å². The number of fused-ring (bicyclic) bond motifs is 4. The number of rotatable bonds is 1. The summed E-state index contributed by atoms with van der Waals surface area (Å²) in [6, 6.07) is 9.02. The van der Waals surface area contributed by atoms with Crippen LogP contribution in [0.5, 0.6) is 11.5 Å². The van der Waals surface area contributed by atoms with Crippen molar-refractivity contribution in [3.63, 3.8) is 0 Å². The first-order chi connectivity index (χ1) is 10.2. The van der Waals surface area contributed by atoms with Crippen LogP contribution in [0.3, 0.4) is 0 Å². The maximum atomic E-state index is 11.0. The number of hydrogen-bond acceptors (Lipinski definition) is 4. The van der Waals surface area contributed by atoms with Crippen LogP contribution in [-0.2, 0) is 0 Å². The predicted octanol–water partition coefficient (Wildman–Crippen LogP) is 3.21. The predicted molar refractivity (Wildman–Crippen MR) is 77.0 cm³/mol. The van der Waals surface area contributed by atoms with Gasteiger partial charge in [-0.3, -0.25) is 10.3 Å². The zero-order valence-corrected chi connectivity index (χ0v) is 10.8. The molecule has 1 aromatic heterocycles. The molecular weight excluding hydrogens is 272 g/mol. The molecule has 2 N–H and O–H groups in total. The highest BCUT2D eigenvalue weighted by Crippen LogP contribution is 2.39. The molecule has 0 saturated heterocycles. The molecule has 3 aromatic rings. The number of anilines is 1. The second kappa shape index (κ2) is 4.24. The number of carboxylic acid groups (broad SMARTS) is 1. The lowest BCUT2D eigenvalue weighted by molar-refractivity contribution is 0.174. The van der Waals surface area contributed by atoms with E-state index in [0.717, 1.165) is 16.2 Å². The fraction of sp³-hybridized carbons (Fsp3) is 0.0667. The summed E-state index contributed by atoms with van der Waals surface area (Å²) < 4.78 is 10.8. The van der Waals surface area contributed by atoms with Gasteiger partial charge < -0.3 is 14.6 Å². The lowest BCUT2D eigenvalue weighted by Gasteiger charge is -2.09. The van der Waals surface area contributed by atoms with Crippen LogP contribution in [-0.4, -0.2) is 23.0 Å². The molecule has 6 nitrogen and oxygen atoms in total. The summed E-state index contributed by atoms with van der Waals surface area (Å²) in [5.74, 6) is 1.33. The first kappa shape index (κ1) is 11.8. The standard InChI is InChI=1S/C15H10N2O4/c18-15(19)17-11-3-1-2-10-14(11)9-5-13-12(20-7-21-13)4-8(9)6-16-10/h1-6,17H,7H2,(H,18,19). The maximum Gasteiger partial charge on any atom is 0.409 e. The topological polar surface area (TPSA) is 80.7 Å². The monoisotopic (exact) mass is 282 g/mol. The maximum absolute atomic E-state index is 11.0. The van der Waals surface area contributed by atoms with Gasteiger partial charge in [-0.15, -0.1) is 0 Å². The molecule has 0 spiro atoms. The lowest BCUT2D eigenvalue weighted by atomic mass is 10.0. The van der Waals surface area contributed by atoms with E-state index in [2.05, 4.69) is 10.3 Å². The Bertz CT molecular complexity index is 892. The minimum Gasteiger partial charge on any atom is -0.465 e. The third kappa shape index (κ3) is 1.80. The Morgan fingerprint density at radius 1 is 1.24 bits per heavy atom. The van der Waals surface area contributed by atoms with Gasteiger partial charge >= 0.3 is 6.09 Å². The lowest BCUT2D eigenvalue weighted by Crippen LogP contribution is -2.07. The van der Waals surface area contributed by atoms with Crippen molar-refractivity contribution in [1.29, 1.82) is 0 Å². The van der Waals surface area contributed by atoms with Gasteiger partial charge in [-0.2, -0.15) is 0 Å². The van der Waals surface area contributed by atoms with Crippen molar-refractivity contribution < 1.29 is 19.4 Å². The molecule has 104 valence electrons. The first-order valence-corrected chi connectivity index (χ1v) is 6.33. The van der Waals surface area contributed by atoms with E-state index in [-0.39, 0.29) is 6.79 Å². The Morgan fingerprint density at radius 2 is 2.05 bits per heavy atom. The molecule has 1 aliphatic rings. The Labute approximate surface area is 118 Å². The van der Waals surface area contributed by atoms with Gasteiger partial charge in [0.1, 0.15) is 0 Å². The highest BCUT2D eigenvalue weighted by Gasteiger charge is 2.17. The second-order valence-corrected chi connectivity index (χ2v) is 4.68. The highest BCUT2D eigenvalue weighted by molar-refractivity contribution is 6.14. The fourth-order valence-corrected chi connectivity index (χ4v) is 2.57. The van der Waals surface area contributed by atoms with E-state index in [9.17, 15) is 4.79 Å². The van der Waals surface area contributed by atoms with Crippen molar-refractivity contribution in [3.05, 3.63) is 36.5 Å². The molecule has 1 amide bonds. The molecule has 0 aliphatic carbocycles. The molecule has 2 aromatic carbocycles. The normalized spacial score (nSPS) is 12.8. The zero-order chi connectivity index (χ0) is 14.4. The minimum atomic E-state index is -1.11. The van der Waals surface area contributed by atoms with Gasteiger partial charge in [0.25, 0.3) is 0 Å². The average molecular weight is 282 g/mol. The molecule has 1 aliphatic heterocycles. The molecule has 0 unspecified atom stereocenters. The van der Waals surface area contributed by atoms with Crippen molar-refractivity contribution in [3.8, 4) is 11.5 Å². The number of nitrogens with zero attached hydrogens (tertiary/aromatic N) is 1. The van der Waals surface area contributed by atoms with Gasteiger partial charge in [0, 0.05) is 17.0 Å². The average Bonchev–Trinajstić information content (AvgIpc) is 2.91. The Hall–Kier alpha value is -3.02. The van der Waals surface area contributed by atoms with Crippen LogP contribution in [0, 0.1) is 0 Å². The van der Waals surface area contributed by atoms with Crippen LogP contribution in [0.4, 0.5) is 10.5 Å². The number of hydrogen-bond donors (Lipinski definition) is 2. The minimum absolute atomic E-state index is 0.192. The van der Waals surface area contributed by atoms with Gasteiger partial charge in [0.2, 0.25) is 6.79 Å². The summed E-state index contributed by atoms with van der Waals surface area (Å²) in [4.78, 5) is 15.3. The van der Waals surface area contributed by atoms with E-state index >= 15 is 0 Å². The molecule has 0 radical (unpaired) electrons. The van der Waals surface area contributed by atoms with Crippen LogP contribution in [0.25, 0.3) is 21.7 Å². The first-order valence-electron chi connectivity index (χ1n) is 6.33. The molecule has 6 heteroatoms. The van der Waals surface area contributed by atoms with Crippen LogP contribution in [0.2, 0.25) is 0 Å². The quantitative estimate of drug-likeness (QED) is 0.670. The van der Waals surface area contributed by atoms with Gasteiger partial charge in [-0.1, -0.05) is 6.07 Å². The van der Waals surface area contributed by atoms with E-state index < -0.39 is 6.09 Å². The van der Waals surface area contributed by atoms with E-state index in [0.29, 0.717) is 22.7 Å². The fourth-order valence-electron chi connectivity index (χ4n) is 2.57. The van der Waals surface area contributed by atoms with Crippen LogP contribution < -0.4 is 14.8 Å². The van der Waals surface area contributed by atoms with E-state index in [4.69, 9.17) is 14.6 Å². The third-order valence-electron chi connectivity index (χ3n) is 3.44. The summed E-state index contributed by atoms with van der Waals surface area (Å²) in [6.07, 6.45) is 0.629. The van der Waals surface area contributed by atoms with Crippen molar-refractivity contribution in [2.24, 2.45) is 0 Å². The number of carbonyl (C=O) groups is 1. The van der Waals surface area contributed by atoms with Crippen molar-refractivity contribution in [1.82, 2.24) is 4.98 Å². The number of benzene rings is 2. The van der Waals surface area contributed by atoms with Gasteiger partial charge in [0.05, 0.1) is 11.2 Å². The summed E-state index contributed by atoms with van der Waals surface area (Å²) >= 11 is 0. The molecule has 21 heavy (non-hydrogen) atoms. The number of pyridine rings is 1. The molecule has 0 atom stereocenters. The number of ether oxygens (including phenoxy) is 2. The number of aromatic nitrogens is 1. The Kier molecular flexibility index (Phi) is 2.38. The molecule has 0 fully saturated rings. The summed E-state index contributed by atoms with van der Waals surface area (Å²) in [5.41, 5.74) is 1.21. The van der Waals surface area contributed by atoms with Gasteiger partial charge in [0.15, 0.2) is 11.5 Å². The molecular formula is C15H10N2O4. The summed E-state index contributed by atoms with van der Waals surface area (Å²) in [6.45, 7) is 0.192. The van der Waals surface area contributed by atoms with E-state index in [1.807, 2.05) is 18.2 Å². The van der Waals surface area contributed by atoms with E-state index in [1.54, 1.807) is 18.3 Å². The van der Waals surface area contributed by atoms with Crippen molar-refractivity contribution in [2.45, 2.75) is 0 Å². The Morgan fingerprint density at radius 3 is 2.86 bits per heavy atom. The van der Waals surface area contributed by atoms with Crippen molar-refractivity contribution >= 4 is 33.5 Å². The van der Waals surface area contributed by atoms with Crippen LogP contribution in [0.15, 0.2) is 36.5 Å². The zero-order valence-electron chi connectivity index (χ0n) is 10.8. The SMILES string of the molecule is O=C(O)Nc1cccc2ncc3cc4c(cc3c12)OCO4. The summed E-state index contributed by atoms with van der Waals surface area (Å²) in [5, 5.41) is 13.9. The van der Waals surface area contributed by atoms with Gasteiger partial charge in [-0.25, -0.2) is 4.79 Å². The molecule has 2 heterocycles. The van der Waals surface area contributed by atoms with Crippen molar-refractivity contribution in [2.75, 3.05) is 12.1 Å². The van der Waals surface area contributed by atoms with Gasteiger partial charge in [-0.05, 0) is 29.7 Å². The largest absolute Gasteiger partial charge is 0.465 e. The smallest absolute Gasteiger partial charge is 0.409 e. The number of nitrogens with one attached hydrogen (secondary N) is 1. The third-order valence-corrected chi connectivity index (χ3v) is 3.44. The van der Waals surface area contributed by atoms with Crippen LogP contribution in [0.1, 0.15) is 0 Å². The van der Waals surface area contributed by atoms with Crippen LogP contribution >= 0.6 is 0 Å². The highest BCUT2D eigenvalue weighted by atomic mass is 16.7.